The summed E-state index contributed by atoms with van der Waals surface area (Å²) in [6.45, 7) is 6.32. The number of hydrogen-bond acceptors (Lipinski definition) is 15. The van der Waals surface area contributed by atoms with Crippen LogP contribution in [0.15, 0.2) is 437 Å². The van der Waals surface area contributed by atoms with Crippen molar-refractivity contribution >= 4 is 134 Å². The summed E-state index contributed by atoms with van der Waals surface area (Å²) in [5.41, 5.74) is 24.4. The third kappa shape index (κ3) is 20.5. The van der Waals surface area contributed by atoms with Gasteiger partial charge in [-0.3, -0.25) is 9.97 Å². The molecule has 127 heavy (non-hydrogen) atoms. The molecule has 20 rings (SSSR count). The highest BCUT2D eigenvalue weighted by Gasteiger charge is 2.29. The summed E-state index contributed by atoms with van der Waals surface area (Å²) in [5.74, 6) is 0.821. The van der Waals surface area contributed by atoms with Crippen molar-refractivity contribution in [3.8, 4) is 93.3 Å². The molecule has 0 saturated carbocycles. The van der Waals surface area contributed by atoms with Crippen LogP contribution in [0.2, 0.25) is 10.0 Å². The summed E-state index contributed by atoms with van der Waals surface area (Å²) < 4.78 is 5.40. The van der Waals surface area contributed by atoms with E-state index >= 15 is 0 Å². The first-order valence-electron chi connectivity index (χ1n) is 41.4. The molecule has 0 radical (unpaired) electrons. The van der Waals surface area contributed by atoms with Gasteiger partial charge in [-0.05, 0) is 178 Å². The average Bonchev–Trinajstić information content (AvgIpc) is 1.67. The molecule has 0 N–H and O–H groups in total. The Labute approximate surface area is 767 Å². The second kappa shape index (κ2) is 40.9. The van der Waals surface area contributed by atoms with E-state index in [0.29, 0.717) is 5.02 Å². The molecular weight excluding hydrogens is 1680 g/mol. The Kier molecular flexibility index (Phi) is 27.2. The molecule has 618 valence electrons. The van der Waals surface area contributed by atoms with Crippen LogP contribution in [0.5, 0.6) is 5.75 Å². The Bertz CT molecular complexity index is 6730. The Morgan fingerprint density at radius 3 is 0.685 bits per heavy atom. The summed E-state index contributed by atoms with van der Waals surface area (Å²) in [4.78, 5) is 38.5. The van der Waals surface area contributed by atoms with E-state index in [1.165, 1.54) is 16.7 Å². The average molecular weight is 1760 g/mol. The zero-order valence-corrected chi connectivity index (χ0v) is 74.6. The Balaban J connectivity index is 0.000000119. The van der Waals surface area contributed by atoms with Gasteiger partial charge in [0, 0.05) is 101 Å². The van der Waals surface area contributed by atoms with Crippen molar-refractivity contribution in [2.45, 2.75) is 20.8 Å². The lowest BCUT2D eigenvalue weighted by Crippen LogP contribution is -2.09. The molecule has 17 heteroatoms. The van der Waals surface area contributed by atoms with E-state index in [2.05, 4.69) is 305 Å². The van der Waals surface area contributed by atoms with Crippen LogP contribution in [-0.2, 0) is 0 Å². The molecule has 6 heterocycles. The van der Waals surface area contributed by atoms with Gasteiger partial charge in [-0.25, -0.2) is 19.9 Å². The van der Waals surface area contributed by atoms with Gasteiger partial charge in [-0.2, -0.15) is 0 Å². The molecule has 0 aliphatic rings. The van der Waals surface area contributed by atoms with Crippen LogP contribution in [0.1, 0.15) is 16.7 Å². The van der Waals surface area contributed by atoms with Gasteiger partial charge in [0.1, 0.15) is 68.6 Å². The first kappa shape index (κ1) is 84.7. The monoisotopic (exact) mass is 1760 g/mol. The fourth-order valence-electron chi connectivity index (χ4n) is 14.3. The number of hydrogen-bond donors (Lipinski definition) is 0. The zero-order valence-electron chi connectivity index (χ0n) is 69.8. The Morgan fingerprint density at radius 2 is 0.441 bits per heavy atom. The second-order valence-corrected chi connectivity index (χ2v) is 34.3. The largest absolute Gasteiger partial charge is 0.497 e. The molecule has 0 aliphatic carbocycles. The van der Waals surface area contributed by atoms with Gasteiger partial charge in [0.05, 0.1) is 18.5 Å². The maximum absolute atomic E-state index is 6.14. The molecule has 0 amide bonds. The maximum atomic E-state index is 6.14. The van der Waals surface area contributed by atoms with Gasteiger partial charge in [-0.1, -0.05) is 352 Å². The third-order valence-electron chi connectivity index (χ3n) is 20.7. The van der Waals surface area contributed by atoms with Crippen LogP contribution >= 0.6 is 68.5 Å². The minimum atomic E-state index is 0.711. The minimum absolute atomic E-state index is 0.711. The van der Waals surface area contributed by atoms with E-state index in [4.69, 9.17) is 47.9 Å². The summed E-state index contributed by atoms with van der Waals surface area (Å²) in [5, 5.41) is 9.41. The summed E-state index contributed by atoms with van der Waals surface area (Å²) in [6, 6.07) is 145. The zero-order chi connectivity index (χ0) is 86.6. The van der Waals surface area contributed by atoms with Crippen molar-refractivity contribution in [3.05, 3.63) is 464 Å². The molecule has 6 aromatic heterocycles. The number of anilines is 12. The number of methoxy groups -OCH3 is 1. The molecule has 0 unspecified atom stereocenters. The van der Waals surface area contributed by atoms with Crippen LogP contribution in [0, 0.1) is 20.8 Å². The third-order valence-corrected chi connectivity index (χ3v) is 25.5. The molecule has 0 aliphatic heterocycles. The summed E-state index contributed by atoms with van der Waals surface area (Å²) >= 11 is 18.9. The van der Waals surface area contributed by atoms with E-state index in [9.17, 15) is 0 Å². The van der Waals surface area contributed by atoms with Crippen LogP contribution in [0.25, 0.3) is 87.6 Å². The number of thiazole rings is 4. The van der Waals surface area contributed by atoms with E-state index < -0.39 is 0 Å². The van der Waals surface area contributed by atoms with Crippen LogP contribution in [0.3, 0.4) is 0 Å². The summed E-state index contributed by atoms with van der Waals surface area (Å²) in [7, 11) is 1.68. The Hall–Kier alpha value is -14.5. The van der Waals surface area contributed by atoms with Gasteiger partial charge in [0.15, 0.2) is 0 Å². The van der Waals surface area contributed by atoms with Crippen molar-refractivity contribution in [2.24, 2.45) is 0 Å². The number of rotatable bonds is 21. The van der Waals surface area contributed by atoms with E-state index in [1.54, 1.807) is 52.5 Å². The highest BCUT2D eigenvalue weighted by atomic mass is 35.5. The van der Waals surface area contributed by atoms with Crippen LogP contribution < -0.4 is 24.3 Å². The number of aryl methyl sites for hydroxylation is 3. The van der Waals surface area contributed by atoms with Crippen molar-refractivity contribution in [1.29, 1.82) is 0 Å². The molecule has 0 atom stereocenters. The smallest absolute Gasteiger partial charge is 0.144 e. The number of para-hydroxylation sites is 4. The molecular formula is C110H84Cl2N10OS4. The van der Waals surface area contributed by atoms with Crippen molar-refractivity contribution in [2.75, 3.05) is 26.7 Å². The number of aromatic nitrogens is 6. The van der Waals surface area contributed by atoms with Crippen LogP contribution in [0.4, 0.5) is 65.5 Å². The minimum Gasteiger partial charge on any atom is -0.497 e. The Morgan fingerprint density at radius 1 is 0.220 bits per heavy atom. The molecule has 0 fully saturated rings. The summed E-state index contributed by atoms with van der Waals surface area (Å²) in [6.07, 6.45) is 3.63. The van der Waals surface area contributed by atoms with Gasteiger partial charge in [-0.15, -0.1) is 0 Å². The number of nitrogens with zero attached hydrogens (tertiary/aromatic N) is 10. The normalized spacial score (nSPS) is 10.8. The predicted molar refractivity (Wildman–Crippen MR) is 537 cm³/mol. The predicted octanol–water partition coefficient (Wildman–Crippen LogP) is 32.8. The molecule has 11 nitrogen and oxygen atoms in total. The van der Waals surface area contributed by atoms with Crippen molar-refractivity contribution < 1.29 is 4.74 Å². The van der Waals surface area contributed by atoms with Crippen molar-refractivity contribution in [1.82, 2.24) is 29.9 Å². The SMILES string of the molecule is COc1ccc(N(c2ccc(C)cc2)c2sc(-c3ccc(Cl)cc3)nc2-c2ccccc2)cc1.Cc1ccc(N(c2ccc(C)cc2)c2sc(-c3ccccn3)nc2-c2ccccc2)cc1.Clc1ccc(-c2nc(-c3ccccc3)c(N(c3ccccc3)c3ccccc3)s2)cc1.c1ccc(-c2nc(-c3ccccn3)sc2N(c2ccccc2)c2ccccc2)cc1. The first-order chi connectivity index (χ1) is 62.5. The highest BCUT2D eigenvalue weighted by Crippen LogP contribution is 2.52. The van der Waals surface area contributed by atoms with E-state index in [0.717, 1.165) is 164 Å². The van der Waals surface area contributed by atoms with Gasteiger partial charge in [0.25, 0.3) is 0 Å². The standard InChI is InChI=1S/C29H23ClN2OS.C28H23N3S.C27H19ClN2S.C26H19N3S/c1-20-8-14-24(15-9-20)32(25-16-18-26(33-2)19-17-25)29-27(21-6-4-3-5-7-21)31-28(34-29)22-10-12-23(30)13-11-22;1-20-11-15-23(16-12-20)31(24-17-13-21(2)14-18-24)28-26(22-8-4-3-5-9-22)30-27(32-28)25-10-6-7-19-29-25;28-22-18-16-21(17-19-22)26-29-25(20-10-4-1-5-11-20)27(31-26)30(23-12-6-2-7-13-23)24-14-8-3-9-15-24;1-4-12-20(13-5-1)24-26(30-25(28-24)23-18-10-11-19-27-23)29(21-14-6-2-7-15-21)22-16-8-3-9-17-22/h3-19H,1-2H3;3-19H,1-2H3;1-19H;1-19H. The lowest BCUT2D eigenvalue weighted by molar-refractivity contribution is 0.415. The topological polar surface area (TPSA) is 99.5 Å². The van der Waals surface area contributed by atoms with Gasteiger partial charge >= 0.3 is 0 Å². The molecule has 0 saturated heterocycles. The molecule has 0 spiro atoms. The van der Waals surface area contributed by atoms with Gasteiger partial charge < -0.3 is 24.3 Å². The van der Waals surface area contributed by atoms with E-state index in [-0.39, 0.29) is 0 Å². The number of benzene rings is 14. The molecule has 20 aromatic rings. The van der Waals surface area contributed by atoms with Crippen LogP contribution in [-0.4, -0.2) is 37.0 Å². The highest BCUT2D eigenvalue weighted by molar-refractivity contribution is 7.21. The van der Waals surface area contributed by atoms with Gasteiger partial charge in [0.2, 0.25) is 0 Å². The number of pyridine rings is 2. The maximum Gasteiger partial charge on any atom is 0.144 e. The van der Waals surface area contributed by atoms with E-state index in [1.807, 2.05) is 182 Å². The fourth-order valence-corrected chi connectivity index (χ4v) is 19.0. The lowest BCUT2D eigenvalue weighted by Gasteiger charge is -2.25. The number of halogens is 2. The molecule has 14 aromatic carbocycles. The van der Waals surface area contributed by atoms with Crippen molar-refractivity contribution in [3.63, 3.8) is 0 Å². The fraction of sp³-hybridized carbons (Fsp3) is 0.0364. The first-order valence-corrected chi connectivity index (χ1v) is 45.4. The second-order valence-electron chi connectivity index (χ2n) is 29.5. The lowest BCUT2D eigenvalue weighted by atomic mass is 10.1. The number of ether oxygens (including phenoxy) is 1. The quantitative estimate of drug-likeness (QED) is 0.0688. The molecule has 0 bridgehead atoms.